The maximum Gasteiger partial charge on any atom is 0.335 e. The van der Waals surface area contributed by atoms with E-state index in [1.807, 2.05) is 26.0 Å². The van der Waals surface area contributed by atoms with Crippen molar-refractivity contribution in [3.05, 3.63) is 64.5 Å². The highest BCUT2D eigenvalue weighted by Crippen LogP contribution is 2.28. The molecule has 0 aliphatic heterocycles. The zero-order chi connectivity index (χ0) is 14.7. The van der Waals surface area contributed by atoms with Crippen LogP contribution in [0.1, 0.15) is 27.0 Å². The van der Waals surface area contributed by atoms with Gasteiger partial charge in [0.25, 0.3) is 0 Å². The Balaban J connectivity index is 2.20. The number of hydrogen-bond acceptors (Lipinski definition) is 2. The Morgan fingerprint density at radius 1 is 1.20 bits per heavy atom. The molecule has 2 nitrogen and oxygen atoms in total. The third-order valence-corrected chi connectivity index (χ3v) is 4.23. The highest BCUT2D eigenvalue weighted by atomic mass is 32.2. The van der Waals surface area contributed by atoms with E-state index in [9.17, 15) is 9.18 Å². The van der Waals surface area contributed by atoms with Crippen LogP contribution in [0, 0.1) is 19.7 Å². The van der Waals surface area contributed by atoms with Crippen molar-refractivity contribution in [2.75, 3.05) is 0 Å². The van der Waals surface area contributed by atoms with Crippen LogP contribution in [-0.2, 0) is 5.75 Å². The van der Waals surface area contributed by atoms with Gasteiger partial charge >= 0.3 is 5.97 Å². The summed E-state index contributed by atoms with van der Waals surface area (Å²) in [5.74, 6) is -0.993. The summed E-state index contributed by atoms with van der Waals surface area (Å²) < 4.78 is 13.7. The summed E-state index contributed by atoms with van der Waals surface area (Å²) in [5.41, 5.74) is 2.81. The number of aryl methyl sites for hydroxylation is 2. The third-order valence-electron chi connectivity index (χ3n) is 3.02. The first-order valence-corrected chi connectivity index (χ1v) is 7.17. The Morgan fingerprint density at radius 2 is 1.95 bits per heavy atom. The number of thioether (sulfide) groups is 1. The average Bonchev–Trinajstić information content (AvgIpc) is 2.41. The molecular weight excluding hydrogens is 275 g/mol. The van der Waals surface area contributed by atoms with Crippen molar-refractivity contribution in [2.24, 2.45) is 0 Å². The molecule has 0 fully saturated rings. The molecule has 20 heavy (non-hydrogen) atoms. The van der Waals surface area contributed by atoms with Crippen LogP contribution in [0.4, 0.5) is 4.39 Å². The molecule has 0 amide bonds. The van der Waals surface area contributed by atoms with Crippen molar-refractivity contribution in [3.63, 3.8) is 0 Å². The maximum absolute atomic E-state index is 13.7. The Kier molecular flexibility index (Phi) is 4.45. The van der Waals surface area contributed by atoms with Gasteiger partial charge in [-0.2, -0.15) is 0 Å². The summed E-state index contributed by atoms with van der Waals surface area (Å²) in [6.45, 7) is 4.01. The van der Waals surface area contributed by atoms with E-state index in [-0.39, 0.29) is 11.4 Å². The Bertz CT molecular complexity index is 653. The molecule has 1 N–H and O–H groups in total. The Morgan fingerprint density at radius 3 is 2.65 bits per heavy atom. The van der Waals surface area contributed by atoms with Crippen molar-refractivity contribution in [3.8, 4) is 0 Å². The monoisotopic (exact) mass is 290 g/mol. The summed E-state index contributed by atoms with van der Waals surface area (Å²) in [5, 5.41) is 8.94. The minimum Gasteiger partial charge on any atom is -0.478 e. The fourth-order valence-corrected chi connectivity index (χ4v) is 2.93. The van der Waals surface area contributed by atoms with Crippen LogP contribution in [-0.4, -0.2) is 11.1 Å². The number of halogens is 1. The van der Waals surface area contributed by atoms with Gasteiger partial charge in [0, 0.05) is 10.6 Å². The molecule has 0 unspecified atom stereocenters. The van der Waals surface area contributed by atoms with Crippen LogP contribution in [0.3, 0.4) is 0 Å². The van der Waals surface area contributed by atoms with Gasteiger partial charge in [-0.25, -0.2) is 9.18 Å². The first kappa shape index (κ1) is 14.6. The summed E-state index contributed by atoms with van der Waals surface area (Å²) >= 11 is 1.52. The summed E-state index contributed by atoms with van der Waals surface area (Å²) in [6.07, 6.45) is 0. The van der Waals surface area contributed by atoms with E-state index in [1.54, 1.807) is 0 Å². The Labute approximate surface area is 121 Å². The second-order valence-corrected chi connectivity index (χ2v) is 5.69. The first-order chi connectivity index (χ1) is 9.47. The second kappa shape index (κ2) is 6.09. The van der Waals surface area contributed by atoms with Crippen molar-refractivity contribution in [2.45, 2.75) is 24.5 Å². The first-order valence-electron chi connectivity index (χ1n) is 6.19. The maximum atomic E-state index is 13.7. The van der Waals surface area contributed by atoms with E-state index in [0.29, 0.717) is 11.3 Å². The molecule has 0 radical (unpaired) electrons. The molecule has 0 aliphatic rings. The van der Waals surface area contributed by atoms with Gasteiger partial charge in [-0.15, -0.1) is 11.8 Å². The van der Waals surface area contributed by atoms with Crippen LogP contribution in [0.2, 0.25) is 0 Å². The quantitative estimate of drug-likeness (QED) is 0.846. The zero-order valence-electron chi connectivity index (χ0n) is 11.3. The molecule has 0 heterocycles. The molecule has 0 saturated carbocycles. The van der Waals surface area contributed by atoms with Crippen LogP contribution >= 0.6 is 11.8 Å². The fourth-order valence-electron chi connectivity index (χ4n) is 1.84. The zero-order valence-corrected chi connectivity index (χ0v) is 12.1. The molecule has 4 heteroatoms. The van der Waals surface area contributed by atoms with Gasteiger partial charge in [0.2, 0.25) is 0 Å². The van der Waals surface area contributed by atoms with Gasteiger partial charge < -0.3 is 5.11 Å². The molecular formula is C16H15FO2S. The molecule has 0 atom stereocenters. The largest absolute Gasteiger partial charge is 0.478 e. The lowest BCUT2D eigenvalue weighted by Gasteiger charge is -2.08. The summed E-state index contributed by atoms with van der Waals surface area (Å²) in [4.78, 5) is 12.0. The van der Waals surface area contributed by atoms with Crippen LogP contribution in [0.5, 0.6) is 0 Å². The van der Waals surface area contributed by atoms with Crippen molar-refractivity contribution >= 4 is 17.7 Å². The number of carboxylic acids is 1. The molecule has 2 aromatic rings. The van der Waals surface area contributed by atoms with Gasteiger partial charge in [0.1, 0.15) is 5.82 Å². The Hall–Kier alpha value is -1.81. The number of carboxylic acid groups (broad SMARTS) is 1. The van der Waals surface area contributed by atoms with E-state index >= 15 is 0 Å². The smallest absolute Gasteiger partial charge is 0.335 e. The number of carbonyl (C=O) groups is 1. The number of benzene rings is 2. The molecule has 0 aliphatic carbocycles. The van der Waals surface area contributed by atoms with Crippen molar-refractivity contribution in [1.29, 1.82) is 0 Å². The van der Waals surface area contributed by atoms with Gasteiger partial charge in [0.15, 0.2) is 0 Å². The van der Waals surface area contributed by atoms with Crippen LogP contribution in [0.25, 0.3) is 0 Å². The topological polar surface area (TPSA) is 37.3 Å². The highest BCUT2D eigenvalue weighted by Gasteiger charge is 2.09. The minimum atomic E-state index is -1.04. The molecule has 0 spiro atoms. The predicted molar refractivity (Wildman–Crippen MR) is 78.8 cm³/mol. The average molecular weight is 290 g/mol. The van der Waals surface area contributed by atoms with E-state index < -0.39 is 5.97 Å². The van der Waals surface area contributed by atoms with Gasteiger partial charge in [-0.05, 0) is 49.2 Å². The number of hydrogen-bond donors (Lipinski definition) is 1. The third kappa shape index (κ3) is 3.39. The molecule has 2 aromatic carbocycles. The molecule has 0 saturated heterocycles. The van der Waals surface area contributed by atoms with Crippen LogP contribution in [0.15, 0.2) is 41.3 Å². The lowest BCUT2D eigenvalue weighted by atomic mass is 10.1. The van der Waals surface area contributed by atoms with Gasteiger partial charge in [-0.1, -0.05) is 17.7 Å². The highest BCUT2D eigenvalue weighted by molar-refractivity contribution is 7.98. The number of aromatic carboxylic acids is 1. The minimum absolute atomic E-state index is 0.114. The summed E-state index contributed by atoms with van der Waals surface area (Å²) in [6, 6.07) is 10.0. The predicted octanol–water partition coefficient (Wildman–Crippen LogP) is 4.43. The van der Waals surface area contributed by atoms with Gasteiger partial charge in [-0.3, -0.25) is 0 Å². The van der Waals surface area contributed by atoms with Crippen molar-refractivity contribution < 1.29 is 14.3 Å². The van der Waals surface area contributed by atoms with E-state index in [2.05, 4.69) is 6.07 Å². The molecule has 104 valence electrons. The SMILES string of the molecule is Cc1ccc(C)c(SCc2cc(C(=O)O)ccc2F)c1. The number of rotatable bonds is 4. The normalized spacial score (nSPS) is 10.6. The van der Waals surface area contributed by atoms with E-state index in [1.165, 1.54) is 30.0 Å². The lowest BCUT2D eigenvalue weighted by Crippen LogP contribution is -1.99. The molecule has 0 bridgehead atoms. The van der Waals surface area contributed by atoms with Crippen LogP contribution < -0.4 is 0 Å². The molecule has 2 rings (SSSR count). The fraction of sp³-hybridized carbons (Fsp3) is 0.188. The lowest BCUT2D eigenvalue weighted by molar-refractivity contribution is 0.0696. The van der Waals surface area contributed by atoms with E-state index in [0.717, 1.165) is 16.0 Å². The molecule has 0 aromatic heterocycles. The summed E-state index contributed by atoms with van der Waals surface area (Å²) in [7, 11) is 0. The second-order valence-electron chi connectivity index (χ2n) is 4.67. The standard InChI is InChI=1S/C16H15FO2S/c1-10-3-4-11(2)15(7-10)20-9-13-8-12(16(18)19)5-6-14(13)17/h3-8H,9H2,1-2H3,(H,18,19). The van der Waals surface area contributed by atoms with Gasteiger partial charge in [0.05, 0.1) is 5.56 Å². The van der Waals surface area contributed by atoms with E-state index in [4.69, 9.17) is 5.11 Å². The van der Waals surface area contributed by atoms with Crippen molar-refractivity contribution in [1.82, 2.24) is 0 Å².